The number of methoxy groups -OCH3 is 1. The van der Waals surface area contributed by atoms with Crippen LogP contribution in [0.25, 0.3) is 21.7 Å². The molecule has 0 atom stereocenters. The first-order valence-corrected chi connectivity index (χ1v) is 7.44. The van der Waals surface area contributed by atoms with E-state index in [0.29, 0.717) is 5.88 Å². The lowest BCUT2D eigenvalue weighted by molar-refractivity contribution is 0.416. The molecule has 0 saturated carbocycles. The normalized spacial score (nSPS) is 10.8. The topological polar surface area (TPSA) is 61.3 Å². The molecular weight excluding hydrogens is 284 g/mol. The first kappa shape index (κ1) is 13.7. The van der Waals surface area contributed by atoms with Crippen LogP contribution in [0, 0.1) is 13.8 Å². The third-order valence-corrected chi connectivity index (χ3v) is 4.48. The largest absolute Gasteiger partial charge is 0.495 e. The number of nitrogen functional groups attached to an aromatic ring is 1. The van der Waals surface area contributed by atoms with Gasteiger partial charge >= 0.3 is 0 Å². The lowest BCUT2D eigenvalue weighted by atomic mass is 10.00. The SMILES string of the molecule is COc1ccsc1-c1noc(N)c1-c1ccc(C)c(C)c1. The van der Waals surface area contributed by atoms with Crippen molar-refractivity contribution in [1.82, 2.24) is 5.16 Å². The molecule has 0 saturated heterocycles. The summed E-state index contributed by atoms with van der Waals surface area (Å²) in [7, 11) is 1.64. The fraction of sp³-hybridized carbons (Fsp3) is 0.188. The molecule has 0 amide bonds. The Balaban J connectivity index is 2.19. The second kappa shape index (κ2) is 5.26. The number of hydrogen-bond acceptors (Lipinski definition) is 5. The minimum Gasteiger partial charge on any atom is -0.495 e. The van der Waals surface area contributed by atoms with Crippen molar-refractivity contribution in [3.05, 3.63) is 40.8 Å². The van der Waals surface area contributed by atoms with Crippen LogP contribution in [0.4, 0.5) is 5.88 Å². The molecule has 2 aromatic heterocycles. The quantitative estimate of drug-likeness (QED) is 0.784. The van der Waals surface area contributed by atoms with Gasteiger partial charge in [0.05, 0.1) is 17.6 Å². The van der Waals surface area contributed by atoms with Gasteiger partial charge in [-0.15, -0.1) is 11.3 Å². The van der Waals surface area contributed by atoms with Gasteiger partial charge in [0, 0.05) is 0 Å². The summed E-state index contributed by atoms with van der Waals surface area (Å²) in [5.41, 5.74) is 11.0. The molecule has 0 bridgehead atoms. The Morgan fingerprint density at radius 2 is 2.00 bits per heavy atom. The zero-order valence-electron chi connectivity index (χ0n) is 12.1. The maximum atomic E-state index is 5.99. The molecule has 3 rings (SSSR count). The van der Waals surface area contributed by atoms with Crippen molar-refractivity contribution in [3.8, 4) is 27.4 Å². The maximum absolute atomic E-state index is 5.99. The molecule has 0 aliphatic heterocycles. The lowest BCUT2D eigenvalue weighted by Crippen LogP contribution is -1.90. The summed E-state index contributed by atoms with van der Waals surface area (Å²) in [4.78, 5) is 0.922. The van der Waals surface area contributed by atoms with E-state index < -0.39 is 0 Å². The third-order valence-electron chi connectivity index (χ3n) is 3.58. The smallest absolute Gasteiger partial charge is 0.230 e. The summed E-state index contributed by atoms with van der Waals surface area (Å²) in [5.74, 6) is 1.10. The van der Waals surface area contributed by atoms with E-state index >= 15 is 0 Å². The van der Waals surface area contributed by atoms with E-state index in [1.165, 1.54) is 11.1 Å². The van der Waals surface area contributed by atoms with Gasteiger partial charge in [0.25, 0.3) is 0 Å². The number of nitrogens with zero attached hydrogens (tertiary/aromatic N) is 1. The molecule has 0 radical (unpaired) electrons. The standard InChI is InChI=1S/C16H16N2O2S/c1-9-4-5-11(8-10(9)2)13-14(18-20-16(13)17)15-12(19-3)6-7-21-15/h4-8H,17H2,1-3H3. The minimum absolute atomic E-state index is 0.323. The summed E-state index contributed by atoms with van der Waals surface area (Å²) < 4.78 is 10.6. The predicted molar refractivity (Wildman–Crippen MR) is 85.7 cm³/mol. The minimum atomic E-state index is 0.323. The van der Waals surface area contributed by atoms with Crippen molar-refractivity contribution in [2.75, 3.05) is 12.8 Å². The van der Waals surface area contributed by atoms with E-state index in [9.17, 15) is 0 Å². The highest BCUT2D eigenvalue weighted by molar-refractivity contribution is 7.14. The first-order chi connectivity index (χ1) is 10.1. The molecule has 0 aliphatic carbocycles. The molecule has 2 N–H and O–H groups in total. The summed E-state index contributed by atoms with van der Waals surface area (Å²) in [6.45, 7) is 4.16. The lowest BCUT2D eigenvalue weighted by Gasteiger charge is -2.06. The third kappa shape index (κ3) is 2.29. The van der Waals surface area contributed by atoms with Gasteiger partial charge in [-0.05, 0) is 42.0 Å². The zero-order valence-corrected chi connectivity index (χ0v) is 13.0. The maximum Gasteiger partial charge on any atom is 0.230 e. The average Bonchev–Trinajstić information content (AvgIpc) is 3.07. The van der Waals surface area contributed by atoms with Crippen LogP contribution >= 0.6 is 11.3 Å². The van der Waals surface area contributed by atoms with Crippen LogP contribution < -0.4 is 10.5 Å². The summed E-state index contributed by atoms with van der Waals surface area (Å²) in [6, 6.07) is 8.12. The molecule has 3 aromatic rings. The molecule has 21 heavy (non-hydrogen) atoms. The van der Waals surface area contributed by atoms with Crippen molar-refractivity contribution in [2.24, 2.45) is 0 Å². The van der Waals surface area contributed by atoms with Gasteiger partial charge in [-0.25, -0.2) is 0 Å². The molecule has 5 heteroatoms. The molecule has 0 unspecified atom stereocenters. The number of aromatic nitrogens is 1. The van der Waals surface area contributed by atoms with Crippen molar-refractivity contribution < 1.29 is 9.26 Å². The Morgan fingerprint density at radius 1 is 1.19 bits per heavy atom. The van der Waals surface area contributed by atoms with Crippen LogP contribution in [0.5, 0.6) is 5.75 Å². The monoisotopic (exact) mass is 300 g/mol. The fourth-order valence-electron chi connectivity index (χ4n) is 2.26. The number of thiophene rings is 1. The number of nitrogens with two attached hydrogens (primary N) is 1. The van der Waals surface area contributed by atoms with E-state index in [0.717, 1.165) is 27.4 Å². The number of hydrogen-bond donors (Lipinski definition) is 1. The van der Waals surface area contributed by atoms with Gasteiger partial charge in [0.1, 0.15) is 11.4 Å². The van der Waals surface area contributed by atoms with Gasteiger partial charge in [-0.1, -0.05) is 23.4 Å². The van der Waals surface area contributed by atoms with Crippen LogP contribution in [0.2, 0.25) is 0 Å². The number of anilines is 1. The fourth-order valence-corrected chi connectivity index (χ4v) is 3.11. The van der Waals surface area contributed by atoms with E-state index in [4.69, 9.17) is 15.0 Å². The summed E-state index contributed by atoms with van der Waals surface area (Å²) >= 11 is 1.55. The summed E-state index contributed by atoms with van der Waals surface area (Å²) in [5, 5.41) is 6.09. The molecule has 0 spiro atoms. The molecule has 108 valence electrons. The molecule has 2 heterocycles. The van der Waals surface area contributed by atoms with E-state index in [1.54, 1.807) is 18.4 Å². The molecule has 0 fully saturated rings. The Morgan fingerprint density at radius 3 is 2.71 bits per heavy atom. The Labute approximate surface area is 127 Å². The van der Waals surface area contributed by atoms with Crippen LogP contribution in [0.15, 0.2) is 34.2 Å². The van der Waals surface area contributed by atoms with Crippen LogP contribution in [-0.2, 0) is 0 Å². The van der Waals surface area contributed by atoms with Crippen molar-refractivity contribution in [1.29, 1.82) is 0 Å². The number of aryl methyl sites for hydroxylation is 2. The van der Waals surface area contributed by atoms with E-state index in [-0.39, 0.29) is 0 Å². The number of benzene rings is 1. The predicted octanol–water partition coefficient (Wildman–Crippen LogP) is 4.28. The van der Waals surface area contributed by atoms with Gasteiger partial charge in [0.2, 0.25) is 5.88 Å². The van der Waals surface area contributed by atoms with Gasteiger partial charge in [-0.2, -0.15) is 0 Å². The van der Waals surface area contributed by atoms with Crippen LogP contribution in [0.1, 0.15) is 11.1 Å². The van der Waals surface area contributed by atoms with E-state index in [2.05, 4.69) is 31.1 Å². The highest BCUT2D eigenvalue weighted by Crippen LogP contribution is 2.43. The van der Waals surface area contributed by atoms with Crippen molar-refractivity contribution in [2.45, 2.75) is 13.8 Å². The van der Waals surface area contributed by atoms with Gasteiger partial charge in [-0.3, -0.25) is 0 Å². The van der Waals surface area contributed by atoms with Crippen molar-refractivity contribution >= 4 is 17.2 Å². The average molecular weight is 300 g/mol. The van der Waals surface area contributed by atoms with Gasteiger partial charge < -0.3 is 15.0 Å². The highest BCUT2D eigenvalue weighted by atomic mass is 32.1. The van der Waals surface area contributed by atoms with E-state index in [1.807, 2.05) is 17.5 Å². The Bertz CT molecular complexity index is 789. The Hall–Kier alpha value is -2.27. The Kier molecular flexibility index (Phi) is 3.43. The molecule has 4 nitrogen and oxygen atoms in total. The first-order valence-electron chi connectivity index (χ1n) is 6.56. The number of rotatable bonds is 3. The second-order valence-corrected chi connectivity index (χ2v) is 5.80. The number of ether oxygens (including phenoxy) is 1. The molecular formula is C16H16N2O2S. The van der Waals surface area contributed by atoms with Crippen LogP contribution in [0.3, 0.4) is 0 Å². The summed E-state index contributed by atoms with van der Waals surface area (Å²) in [6.07, 6.45) is 0. The molecule has 1 aromatic carbocycles. The highest BCUT2D eigenvalue weighted by Gasteiger charge is 2.21. The second-order valence-electron chi connectivity index (χ2n) is 4.89. The molecule has 0 aliphatic rings. The zero-order chi connectivity index (χ0) is 15.0. The van der Waals surface area contributed by atoms with Crippen molar-refractivity contribution in [3.63, 3.8) is 0 Å². The van der Waals surface area contributed by atoms with Gasteiger partial charge in [0.15, 0.2) is 0 Å². The van der Waals surface area contributed by atoms with Crippen LogP contribution in [-0.4, -0.2) is 12.3 Å².